The molecule has 2 rings (SSSR count). The van der Waals surface area contributed by atoms with Gasteiger partial charge in [-0.3, -0.25) is 9.89 Å². The Balaban J connectivity index is 2.25. The molecule has 1 heterocycles. The molecule has 0 aliphatic carbocycles. The summed E-state index contributed by atoms with van der Waals surface area (Å²) in [6.45, 7) is 3.60. The van der Waals surface area contributed by atoms with Crippen LogP contribution in [-0.4, -0.2) is 16.1 Å². The molecule has 2 aromatic rings. The molecular weight excluding hydrogens is 252 g/mol. The summed E-state index contributed by atoms with van der Waals surface area (Å²) >= 11 is 5.84. The van der Waals surface area contributed by atoms with Gasteiger partial charge in [-0.15, -0.1) is 0 Å². The average molecular weight is 265 g/mol. The SMILES string of the molecule is Cc1cc(Cl)ccc1C(=O)Nc1n[nH]c(C)c1N. The number of halogens is 1. The van der Waals surface area contributed by atoms with Gasteiger partial charge < -0.3 is 11.1 Å². The molecule has 6 heteroatoms. The zero-order valence-electron chi connectivity index (χ0n) is 10.0. The van der Waals surface area contributed by atoms with Crippen LogP contribution in [0.3, 0.4) is 0 Å². The van der Waals surface area contributed by atoms with Crippen LogP contribution in [0.2, 0.25) is 5.02 Å². The van der Waals surface area contributed by atoms with E-state index in [9.17, 15) is 4.79 Å². The minimum Gasteiger partial charge on any atom is -0.394 e. The number of hydrogen-bond donors (Lipinski definition) is 3. The Hall–Kier alpha value is -2.01. The highest BCUT2D eigenvalue weighted by atomic mass is 35.5. The van der Waals surface area contributed by atoms with E-state index < -0.39 is 0 Å². The minimum atomic E-state index is -0.262. The second-order valence-corrected chi connectivity index (χ2v) is 4.46. The molecule has 0 saturated carbocycles. The molecule has 1 amide bonds. The Kier molecular flexibility index (Phi) is 3.25. The second kappa shape index (κ2) is 4.70. The fourth-order valence-electron chi connectivity index (χ4n) is 1.59. The number of benzene rings is 1. The number of aryl methyl sites for hydroxylation is 2. The third kappa shape index (κ3) is 2.31. The van der Waals surface area contributed by atoms with Crippen LogP contribution < -0.4 is 11.1 Å². The number of carbonyl (C=O) groups is 1. The van der Waals surface area contributed by atoms with E-state index in [-0.39, 0.29) is 5.91 Å². The predicted molar refractivity (Wildman–Crippen MR) is 71.9 cm³/mol. The number of nitrogens with one attached hydrogen (secondary N) is 2. The lowest BCUT2D eigenvalue weighted by atomic mass is 10.1. The van der Waals surface area contributed by atoms with Crippen molar-refractivity contribution in [3.05, 3.63) is 40.0 Å². The van der Waals surface area contributed by atoms with E-state index in [1.807, 2.05) is 6.92 Å². The highest BCUT2D eigenvalue weighted by Gasteiger charge is 2.13. The lowest BCUT2D eigenvalue weighted by molar-refractivity contribution is 0.102. The predicted octanol–water partition coefficient (Wildman–Crippen LogP) is 2.51. The van der Waals surface area contributed by atoms with Crippen molar-refractivity contribution in [1.29, 1.82) is 0 Å². The van der Waals surface area contributed by atoms with Crippen LogP contribution in [0.25, 0.3) is 0 Å². The van der Waals surface area contributed by atoms with Gasteiger partial charge in [-0.05, 0) is 37.6 Å². The molecule has 0 atom stereocenters. The van der Waals surface area contributed by atoms with Gasteiger partial charge in [0, 0.05) is 10.6 Å². The number of carbonyl (C=O) groups excluding carboxylic acids is 1. The first-order chi connectivity index (χ1) is 8.49. The molecule has 0 radical (unpaired) electrons. The van der Waals surface area contributed by atoms with E-state index >= 15 is 0 Å². The van der Waals surface area contributed by atoms with Crippen LogP contribution in [0, 0.1) is 13.8 Å². The van der Waals surface area contributed by atoms with Crippen LogP contribution >= 0.6 is 11.6 Å². The Labute approximate surface area is 109 Å². The summed E-state index contributed by atoms with van der Waals surface area (Å²) in [5, 5.41) is 9.88. The second-order valence-electron chi connectivity index (χ2n) is 4.02. The van der Waals surface area contributed by atoms with Crippen LogP contribution in [0.15, 0.2) is 18.2 Å². The van der Waals surface area contributed by atoms with Gasteiger partial charge in [-0.25, -0.2) is 0 Å². The van der Waals surface area contributed by atoms with E-state index in [4.69, 9.17) is 17.3 Å². The summed E-state index contributed by atoms with van der Waals surface area (Å²) in [6, 6.07) is 5.07. The van der Waals surface area contributed by atoms with Crippen LogP contribution in [0.4, 0.5) is 11.5 Å². The van der Waals surface area contributed by atoms with Crippen LogP contribution in [0.5, 0.6) is 0 Å². The molecule has 0 aliphatic rings. The van der Waals surface area contributed by atoms with E-state index in [1.54, 1.807) is 25.1 Å². The maximum atomic E-state index is 12.0. The maximum absolute atomic E-state index is 12.0. The summed E-state index contributed by atoms with van der Waals surface area (Å²) in [6.07, 6.45) is 0. The van der Waals surface area contributed by atoms with Crippen molar-refractivity contribution < 1.29 is 4.79 Å². The zero-order valence-corrected chi connectivity index (χ0v) is 10.8. The first kappa shape index (κ1) is 12.4. The molecule has 0 bridgehead atoms. The van der Waals surface area contributed by atoms with E-state index in [0.717, 1.165) is 11.3 Å². The number of aromatic amines is 1. The third-order valence-electron chi connectivity index (χ3n) is 2.66. The Bertz CT molecular complexity index is 606. The van der Waals surface area contributed by atoms with Crippen molar-refractivity contribution in [1.82, 2.24) is 10.2 Å². The molecule has 18 heavy (non-hydrogen) atoms. The van der Waals surface area contributed by atoms with Crippen molar-refractivity contribution in [2.24, 2.45) is 0 Å². The van der Waals surface area contributed by atoms with E-state index in [1.165, 1.54) is 0 Å². The summed E-state index contributed by atoms with van der Waals surface area (Å²) < 4.78 is 0. The molecule has 0 aliphatic heterocycles. The Morgan fingerprint density at radius 2 is 2.17 bits per heavy atom. The summed E-state index contributed by atoms with van der Waals surface area (Å²) in [5.41, 5.74) is 8.26. The van der Waals surface area contributed by atoms with E-state index in [2.05, 4.69) is 15.5 Å². The number of aromatic nitrogens is 2. The summed E-state index contributed by atoms with van der Waals surface area (Å²) in [4.78, 5) is 12.0. The van der Waals surface area contributed by atoms with Crippen LogP contribution in [0.1, 0.15) is 21.6 Å². The average Bonchev–Trinajstić information content (AvgIpc) is 2.61. The number of anilines is 2. The summed E-state index contributed by atoms with van der Waals surface area (Å²) in [5.74, 6) is 0.0780. The van der Waals surface area contributed by atoms with Crippen LogP contribution in [-0.2, 0) is 0 Å². The molecule has 0 fully saturated rings. The first-order valence-corrected chi connectivity index (χ1v) is 5.74. The van der Waals surface area contributed by atoms with Gasteiger partial charge in [0.1, 0.15) is 0 Å². The van der Waals surface area contributed by atoms with Crippen molar-refractivity contribution in [3.63, 3.8) is 0 Å². The van der Waals surface area contributed by atoms with Gasteiger partial charge in [-0.2, -0.15) is 5.10 Å². The van der Waals surface area contributed by atoms with Gasteiger partial charge in [-0.1, -0.05) is 11.6 Å². The number of nitrogens with two attached hydrogens (primary N) is 1. The highest BCUT2D eigenvalue weighted by molar-refractivity contribution is 6.30. The standard InChI is InChI=1S/C12H13ClN4O/c1-6-5-8(13)3-4-9(6)12(18)15-11-10(14)7(2)16-17-11/h3-5H,14H2,1-2H3,(H2,15,16,17,18). The molecule has 1 aromatic carbocycles. The molecule has 94 valence electrons. The van der Waals surface area contributed by atoms with Gasteiger partial charge in [0.15, 0.2) is 5.82 Å². The fraction of sp³-hybridized carbons (Fsp3) is 0.167. The molecule has 0 unspecified atom stereocenters. The van der Waals surface area contributed by atoms with Crippen molar-refractivity contribution in [3.8, 4) is 0 Å². The normalized spacial score (nSPS) is 10.4. The first-order valence-electron chi connectivity index (χ1n) is 5.37. The highest BCUT2D eigenvalue weighted by Crippen LogP contribution is 2.20. The zero-order chi connectivity index (χ0) is 13.3. The van der Waals surface area contributed by atoms with Gasteiger partial charge in [0.2, 0.25) is 0 Å². The largest absolute Gasteiger partial charge is 0.394 e. The Morgan fingerprint density at radius 3 is 2.72 bits per heavy atom. The molecule has 0 spiro atoms. The van der Waals surface area contributed by atoms with Crippen molar-refractivity contribution >= 4 is 29.0 Å². The lowest BCUT2D eigenvalue weighted by Crippen LogP contribution is -2.14. The van der Waals surface area contributed by atoms with Crippen molar-refractivity contribution in [2.45, 2.75) is 13.8 Å². The topological polar surface area (TPSA) is 83.8 Å². The monoisotopic (exact) mass is 264 g/mol. The third-order valence-corrected chi connectivity index (χ3v) is 2.89. The number of rotatable bonds is 2. The lowest BCUT2D eigenvalue weighted by Gasteiger charge is -2.06. The number of nitrogen functional groups attached to an aromatic ring is 1. The number of H-pyrrole nitrogens is 1. The number of amides is 1. The number of hydrogen-bond acceptors (Lipinski definition) is 3. The molecule has 4 N–H and O–H groups in total. The minimum absolute atomic E-state index is 0.262. The van der Waals surface area contributed by atoms with Gasteiger partial charge in [0.25, 0.3) is 5.91 Å². The quantitative estimate of drug-likeness (QED) is 0.779. The smallest absolute Gasteiger partial charge is 0.257 e. The Morgan fingerprint density at radius 1 is 1.44 bits per heavy atom. The summed E-state index contributed by atoms with van der Waals surface area (Å²) in [7, 11) is 0. The molecular formula is C12H13ClN4O. The van der Waals surface area contributed by atoms with Gasteiger partial charge >= 0.3 is 0 Å². The van der Waals surface area contributed by atoms with Gasteiger partial charge in [0.05, 0.1) is 11.4 Å². The molecule has 1 aromatic heterocycles. The van der Waals surface area contributed by atoms with E-state index in [0.29, 0.717) is 22.1 Å². The number of nitrogens with zero attached hydrogens (tertiary/aromatic N) is 1. The maximum Gasteiger partial charge on any atom is 0.257 e. The molecule has 0 saturated heterocycles. The fourth-order valence-corrected chi connectivity index (χ4v) is 1.82. The van der Waals surface area contributed by atoms with Crippen molar-refractivity contribution in [2.75, 3.05) is 11.1 Å². The molecule has 5 nitrogen and oxygen atoms in total.